The van der Waals surface area contributed by atoms with Crippen molar-refractivity contribution in [3.8, 4) is 0 Å². The number of aromatic nitrogens is 2. The number of phosphoric ester groups is 1. The average molecular weight is 398 g/mol. The molecular weight excluding hydrogens is 381 g/mol. The van der Waals surface area contributed by atoms with E-state index in [4.69, 9.17) is 14.5 Å². The average Bonchev–Trinajstić information content (AvgIpc) is 2.99. The number of carbonyl (C=O) groups excluding carboxylic acids is 1. The zero-order valence-electron chi connectivity index (χ0n) is 13.6. The van der Waals surface area contributed by atoms with Crippen LogP contribution in [0.1, 0.15) is 30.6 Å². The van der Waals surface area contributed by atoms with Gasteiger partial charge in [-0.05, 0) is 13.8 Å². The van der Waals surface area contributed by atoms with E-state index >= 15 is 4.39 Å². The van der Waals surface area contributed by atoms with Crippen molar-refractivity contribution in [3.05, 3.63) is 12.0 Å². The molecule has 5 atom stereocenters. The first kappa shape index (κ1) is 19.1. The maximum absolute atomic E-state index is 15.1. The summed E-state index contributed by atoms with van der Waals surface area (Å²) in [4.78, 5) is 33.1. The normalized spacial score (nSPS) is 37.2. The fourth-order valence-electron chi connectivity index (χ4n) is 2.89. The van der Waals surface area contributed by atoms with Crippen LogP contribution in [0.5, 0.6) is 0 Å². The second-order valence-corrected chi connectivity index (χ2v) is 7.50. The molecule has 3 heterocycles. The highest BCUT2D eigenvalue weighted by Crippen LogP contribution is 2.50. The number of rotatable bonds is 4. The summed E-state index contributed by atoms with van der Waals surface area (Å²) in [6.07, 6.45) is -3.72. The van der Waals surface area contributed by atoms with E-state index in [0.717, 1.165) is 17.8 Å². The summed E-state index contributed by atoms with van der Waals surface area (Å²) in [5, 5.41) is 15.4. The van der Waals surface area contributed by atoms with Crippen molar-refractivity contribution in [1.29, 1.82) is 0 Å². The third-order valence-electron chi connectivity index (χ3n) is 4.13. The van der Waals surface area contributed by atoms with Gasteiger partial charge in [-0.2, -0.15) is 0 Å². The SMILES string of the molecule is CC1NC(=O)c2ncn([C@@H]3O[C@](F)(COP(=O)(O)O)[C@@H](O)[C@@]3(C)F)c2N1. The van der Waals surface area contributed by atoms with Gasteiger partial charge in [0.1, 0.15) is 12.4 Å². The number of phosphoric acid groups is 1. The van der Waals surface area contributed by atoms with Crippen LogP contribution in [0.2, 0.25) is 0 Å². The van der Waals surface area contributed by atoms with Crippen molar-refractivity contribution in [3.63, 3.8) is 0 Å². The molecule has 11 nitrogen and oxygen atoms in total. The number of hydrogen-bond donors (Lipinski definition) is 5. The highest BCUT2D eigenvalue weighted by Gasteiger charge is 2.65. The van der Waals surface area contributed by atoms with Gasteiger partial charge >= 0.3 is 7.82 Å². The number of aliphatic hydroxyl groups is 1. The van der Waals surface area contributed by atoms with Crippen LogP contribution in [0.3, 0.4) is 0 Å². The molecule has 1 aromatic heterocycles. The van der Waals surface area contributed by atoms with E-state index in [2.05, 4.69) is 20.1 Å². The zero-order valence-corrected chi connectivity index (χ0v) is 14.5. The van der Waals surface area contributed by atoms with E-state index < -0.39 is 50.4 Å². The number of ether oxygens (including phenoxy) is 1. The Bertz CT molecular complexity index is 784. The Morgan fingerprint density at radius 1 is 1.46 bits per heavy atom. The number of anilines is 1. The molecule has 0 radical (unpaired) electrons. The lowest BCUT2D eigenvalue weighted by molar-refractivity contribution is -0.204. The van der Waals surface area contributed by atoms with Crippen LogP contribution >= 0.6 is 7.82 Å². The number of carbonyl (C=O) groups is 1. The van der Waals surface area contributed by atoms with Crippen LogP contribution in [0, 0.1) is 0 Å². The van der Waals surface area contributed by atoms with E-state index in [1.807, 2.05) is 0 Å². The fraction of sp³-hybridized carbons (Fsp3) is 0.667. The Morgan fingerprint density at radius 3 is 2.73 bits per heavy atom. The van der Waals surface area contributed by atoms with Crippen molar-refractivity contribution in [2.24, 2.45) is 0 Å². The summed E-state index contributed by atoms with van der Waals surface area (Å²) in [5.74, 6) is -3.74. The van der Waals surface area contributed by atoms with E-state index in [0.29, 0.717) is 0 Å². The van der Waals surface area contributed by atoms with Gasteiger partial charge in [0.2, 0.25) is 0 Å². The molecule has 2 aliphatic heterocycles. The largest absolute Gasteiger partial charge is 0.469 e. The van der Waals surface area contributed by atoms with Crippen molar-refractivity contribution in [2.45, 2.75) is 43.9 Å². The summed E-state index contributed by atoms with van der Waals surface area (Å²) >= 11 is 0. The van der Waals surface area contributed by atoms with Crippen LogP contribution in [0.25, 0.3) is 0 Å². The third kappa shape index (κ3) is 3.10. The lowest BCUT2D eigenvalue weighted by Gasteiger charge is -2.28. The van der Waals surface area contributed by atoms with Crippen LogP contribution in [-0.4, -0.2) is 60.8 Å². The minimum atomic E-state index is -5.08. The molecule has 1 aromatic rings. The van der Waals surface area contributed by atoms with Crippen molar-refractivity contribution in [1.82, 2.24) is 14.9 Å². The molecule has 5 N–H and O–H groups in total. The van der Waals surface area contributed by atoms with Crippen LogP contribution < -0.4 is 10.6 Å². The molecular formula is C12H17F2N4O7P. The number of fused-ring (bicyclic) bond motifs is 1. The maximum atomic E-state index is 15.1. The van der Waals surface area contributed by atoms with Gasteiger partial charge in [-0.25, -0.2) is 18.3 Å². The fourth-order valence-corrected chi connectivity index (χ4v) is 3.23. The molecule has 1 fully saturated rings. The summed E-state index contributed by atoms with van der Waals surface area (Å²) in [6.45, 7) is 1.04. The molecule has 1 unspecified atom stereocenters. The smallest absolute Gasteiger partial charge is 0.384 e. The number of hydrogen-bond acceptors (Lipinski definition) is 7. The molecule has 26 heavy (non-hydrogen) atoms. The predicted octanol–water partition coefficient (Wildman–Crippen LogP) is -0.223. The maximum Gasteiger partial charge on any atom is 0.469 e. The Balaban J connectivity index is 1.94. The van der Waals surface area contributed by atoms with Crippen LogP contribution in [-0.2, 0) is 13.8 Å². The summed E-state index contributed by atoms with van der Waals surface area (Å²) in [7, 11) is -5.08. The van der Waals surface area contributed by atoms with Gasteiger partial charge in [-0.1, -0.05) is 0 Å². The topological polar surface area (TPSA) is 155 Å². The number of amides is 1. The molecule has 0 spiro atoms. The molecule has 1 saturated heterocycles. The van der Waals surface area contributed by atoms with E-state index in [1.54, 1.807) is 6.92 Å². The lowest BCUT2D eigenvalue weighted by Crippen LogP contribution is -2.47. The van der Waals surface area contributed by atoms with Crippen molar-refractivity contribution in [2.75, 3.05) is 11.9 Å². The van der Waals surface area contributed by atoms with Crippen molar-refractivity contribution < 1.29 is 42.3 Å². The van der Waals surface area contributed by atoms with Gasteiger partial charge in [0.25, 0.3) is 11.8 Å². The van der Waals surface area contributed by atoms with Gasteiger partial charge in [0, 0.05) is 0 Å². The van der Waals surface area contributed by atoms with Gasteiger partial charge in [-0.15, -0.1) is 0 Å². The van der Waals surface area contributed by atoms with E-state index in [-0.39, 0.29) is 11.5 Å². The summed E-state index contributed by atoms with van der Waals surface area (Å²) in [5.41, 5.74) is -2.82. The first-order valence-electron chi connectivity index (χ1n) is 7.43. The number of nitrogens with zero attached hydrogens (tertiary/aromatic N) is 2. The molecule has 2 aliphatic rings. The molecule has 1 amide bonds. The number of halogens is 2. The van der Waals surface area contributed by atoms with Crippen molar-refractivity contribution >= 4 is 19.5 Å². The number of alkyl halides is 2. The Labute approximate surface area is 145 Å². The third-order valence-corrected chi connectivity index (χ3v) is 4.59. The lowest BCUT2D eigenvalue weighted by atomic mass is 9.97. The number of nitrogens with one attached hydrogen (secondary N) is 2. The molecule has 14 heteroatoms. The number of aliphatic hydroxyl groups excluding tert-OH is 1. The van der Waals surface area contributed by atoms with Gasteiger partial charge in [0.05, 0.1) is 12.5 Å². The van der Waals surface area contributed by atoms with E-state index in [9.17, 15) is 18.9 Å². The molecule has 146 valence electrons. The van der Waals surface area contributed by atoms with E-state index in [1.165, 1.54) is 0 Å². The quantitative estimate of drug-likeness (QED) is 0.433. The first-order chi connectivity index (χ1) is 11.8. The minimum absolute atomic E-state index is 0.0440. The second-order valence-electron chi connectivity index (χ2n) is 6.26. The van der Waals surface area contributed by atoms with Gasteiger partial charge in [0.15, 0.2) is 23.7 Å². The zero-order chi connectivity index (χ0) is 19.5. The Kier molecular flexibility index (Phi) is 4.37. The minimum Gasteiger partial charge on any atom is -0.384 e. The Hall–Kier alpha value is -1.63. The molecule has 0 aliphatic carbocycles. The molecule has 3 rings (SSSR count). The highest BCUT2D eigenvalue weighted by molar-refractivity contribution is 7.46. The van der Waals surface area contributed by atoms with Crippen LogP contribution in [0.15, 0.2) is 6.33 Å². The second kappa shape index (κ2) is 5.94. The summed E-state index contributed by atoms with van der Waals surface area (Å²) in [6, 6.07) is 0. The molecule has 0 bridgehead atoms. The monoisotopic (exact) mass is 398 g/mol. The number of imidazole rings is 1. The van der Waals surface area contributed by atoms with Gasteiger partial charge < -0.3 is 30.3 Å². The first-order valence-corrected chi connectivity index (χ1v) is 8.96. The molecule has 0 saturated carbocycles. The van der Waals surface area contributed by atoms with Crippen LogP contribution in [0.4, 0.5) is 14.6 Å². The Morgan fingerprint density at radius 2 is 2.12 bits per heavy atom. The molecule has 0 aromatic carbocycles. The van der Waals surface area contributed by atoms with Gasteiger partial charge in [-0.3, -0.25) is 13.9 Å². The summed E-state index contributed by atoms with van der Waals surface area (Å²) < 4.78 is 50.7. The standard InChI is InChI=1S/C12H17F2N4O7P/c1-5-16-7-6(8(19)17-5)15-4-18(7)10-11(2,13)9(20)12(14,25-10)3-24-26(21,22)23/h4-5,9-10,16,20H,3H2,1-2H3,(H,17,19)(H2,21,22,23)/t5?,9-,10+,11+,12+/m0/s1. The predicted molar refractivity (Wildman–Crippen MR) is 80.3 cm³/mol. The highest BCUT2D eigenvalue weighted by atomic mass is 31.2.